The quantitative estimate of drug-likeness (QED) is 0.135. The molecule has 0 atom stereocenters. The Bertz CT molecular complexity index is 11000. The molecule has 0 fully saturated rings. The Labute approximate surface area is 847 Å². The molecule has 9 heterocycles. The van der Waals surface area contributed by atoms with Gasteiger partial charge in [0.25, 0.3) is 0 Å². The number of nitrogens with zero attached hydrogens (tertiary/aromatic N) is 12. The zero-order valence-corrected chi connectivity index (χ0v) is 79.9. The largest absolute Gasteiger partial charge is 0.309 e. The summed E-state index contributed by atoms with van der Waals surface area (Å²) in [6, 6.07) is 182. The Morgan fingerprint density at radius 1 is 0.115 bits per heavy atom. The molecule has 23 aromatic carbocycles. The fourth-order valence-corrected chi connectivity index (χ4v) is 23.3. The maximum atomic E-state index is 5.44. The van der Waals surface area contributed by atoms with Crippen LogP contribution in [0.2, 0.25) is 0 Å². The second-order valence-electron chi connectivity index (χ2n) is 38.4. The van der Waals surface area contributed by atoms with Crippen LogP contribution in [0.15, 0.2) is 510 Å². The molecule has 0 spiro atoms. The zero-order valence-electron chi connectivity index (χ0n) is 79.9. The second kappa shape index (κ2) is 33.8. The summed E-state index contributed by atoms with van der Waals surface area (Å²) in [7, 11) is 0. The van der Waals surface area contributed by atoms with E-state index in [0.717, 1.165) is 122 Å². The number of benzene rings is 23. The first-order valence-corrected chi connectivity index (χ1v) is 50.3. The minimum atomic E-state index is 0.649. The van der Waals surface area contributed by atoms with Crippen molar-refractivity contribution in [2.45, 2.75) is 0 Å². The van der Waals surface area contributed by atoms with Crippen molar-refractivity contribution in [2.24, 2.45) is 0 Å². The van der Waals surface area contributed by atoms with E-state index in [-0.39, 0.29) is 0 Å². The Balaban J connectivity index is 0.000000103. The van der Waals surface area contributed by atoms with E-state index in [9.17, 15) is 0 Å². The standard InChI is InChI=1S/C48H30N4.C46H28N4.C42H26N4/c1-2-12-31(13-3-1)32-22-24-33(25-23-32)47-40-18-6-9-19-42(40)49-48(50-47)52-45-29-35-15-5-4-14-34(35)28-41(45)39-27-26-36(30-46(39)52)51-43-20-10-7-16-37(43)38-17-8-11-21-44(38)51;1-2-12-30-25-33(22-21-29(30)11-1)45-38-17-5-8-18-40(38)47-46(48-45)50-43-27-32-14-4-3-13-31(32)26-39(43)37-24-23-34(28-44(37)50)49-41-19-9-6-15-35(41)36-16-7-10-20-42(36)49;1-2-12-27(13-3-1)41-34-18-6-9-19-36(34)43-42(44-41)46-39-25-29-15-5-4-14-28(29)24-35(39)33-23-22-30(26-40(33)46)45-37-20-10-7-16-31(37)32-17-8-11-21-38(32)45/h1-30H;1-28H;1-26H. The zero-order chi connectivity index (χ0) is 97.1. The predicted octanol–water partition coefficient (Wildman–Crippen LogP) is 34.8. The van der Waals surface area contributed by atoms with Crippen LogP contribution in [0, 0.1) is 0 Å². The fourth-order valence-electron chi connectivity index (χ4n) is 23.3. The Morgan fingerprint density at radius 3 is 0.669 bits per heavy atom. The molecule has 32 aromatic rings. The van der Waals surface area contributed by atoms with Gasteiger partial charge in [-0.1, -0.05) is 376 Å². The number of aromatic nitrogens is 12. The topological polar surface area (TPSA) is 107 Å². The summed E-state index contributed by atoms with van der Waals surface area (Å²) >= 11 is 0. The van der Waals surface area contributed by atoms with E-state index >= 15 is 0 Å². The van der Waals surface area contributed by atoms with Gasteiger partial charge in [-0.3, -0.25) is 13.7 Å². The molecule has 0 aliphatic carbocycles. The van der Waals surface area contributed by atoms with E-state index in [4.69, 9.17) is 29.9 Å². The van der Waals surface area contributed by atoms with Crippen LogP contribution in [0.5, 0.6) is 0 Å². The normalized spacial score (nSPS) is 11.9. The third-order valence-electron chi connectivity index (χ3n) is 30.1. The molecule has 0 aliphatic rings. The van der Waals surface area contributed by atoms with Crippen LogP contribution in [0.3, 0.4) is 0 Å². The van der Waals surface area contributed by atoms with Crippen molar-refractivity contribution in [3.8, 4) is 79.8 Å². The molecular formula is C136H84N12. The molecule has 0 radical (unpaired) electrons. The van der Waals surface area contributed by atoms with Gasteiger partial charge in [-0.2, -0.15) is 0 Å². The third kappa shape index (κ3) is 13.5. The highest BCUT2D eigenvalue weighted by Crippen LogP contribution is 2.46. The summed E-state index contributed by atoms with van der Waals surface area (Å²) in [4.78, 5) is 32.0. The molecule has 0 saturated heterocycles. The summed E-state index contributed by atoms with van der Waals surface area (Å²) in [6.45, 7) is 0. The van der Waals surface area contributed by atoms with Crippen molar-refractivity contribution in [1.29, 1.82) is 0 Å². The van der Waals surface area contributed by atoms with E-state index in [0.29, 0.717) is 17.8 Å². The van der Waals surface area contributed by atoms with Gasteiger partial charge in [0.2, 0.25) is 17.8 Å². The number of fused-ring (bicyclic) bond motifs is 25. The lowest BCUT2D eigenvalue weighted by molar-refractivity contribution is 1.01. The summed E-state index contributed by atoms with van der Waals surface area (Å²) in [5.41, 5.74) is 27.9. The van der Waals surface area contributed by atoms with Crippen LogP contribution < -0.4 is 0 Å². The van der Waals surface area contributed by atoms with E-state index in [1.165, 1.54) is 147 Å². The molecule has 0 bridgehead atoms. The number of rotatable bonds is 10. The van der Waals surface area contributed by atoms with Gasteiger partial charge in [-0.05, 0) is 188 Å². The van der Waals surface area contributed by atoms with Gasteiger partial charge < -0.3 is 13.7 Å². The van der Waals surface area contributed by atoms with E-state index in [1.807, 2.05) is 12.1 Å². The van der Waals surface area contributed by atoms with Crippen molar-refractivity contribution in [3.05, 3.63) is 510 Å². The van der Waals surface area contributed by atoms with Crippen molar-refractivity contribution >= 4 is 207 Å². The molecule has 0 saturated carbocycles. The Hall–Kier alpha value is -20.1. The van der Waals surface area contributed by atoms with Gasteiger partial charge in [0.05, 0.1) is 99.8 Å². The molecule has 0 aliphatic heterocycles. The average molecular weight is 1890 g/mol. The average Bonchev–Trinajstić information content (AvgIpc) is 1.56. The first-order chi connectivity index (χ1) is 73.4. The molecule has 0 amide bonds. The molecule has 148 heavy (non-hydrogen) atoms. The fraction of sp³-hybridized carbons (Fsp3) is 0. The predicted molar refractivity (Wildman–Crippen MR) is 616 cm³/mol. The third-order valence-corrected chi connectivity index (χ3v) is 30.1. The molecule has 0 unspecified atom stereocenters. The number of hydrogen-bond donors (Lipinski definition) is 0. The maximum Gasteiger partial charge on any atom is 0.235 e. The highest BCUT2D eigenvalue weighted by Gasteiger charge is 2.27. The van der Waals surface area contributed by atoms with Crippen LogP contribution >= 0.6 is 0 Å². The lowest BCUT2D eigenvalue weighted by atomic mass is 10.0. The van der Waals surface area contributed by atoms with Gasteiger partial charge >= 0.3 is 0 Å². The van der Waals surface area contributed by atoms with Crippen LogP contribution in [-0.2, 0) is 0 Å². The van der Waals surface area contributed by atoms with Crippen molar-refractivity contribution < 1.29 is 0 Å². The highest BCUT2D eigenvalue weighted by molar-refractivity contribution is 6.20. The van der Waals surface area contributed by atoms with Gasteiger partial charge in [0.1, 0.15) is 0 Å². The van der Waals surface area contributed by atoms with Gasteiger partial charge in [0, 0.05) is 115 Å². The van der Waals surface area contributed by atoms with Crippen molar-refractivity contribution in [1.82, 2.24) is 57.3 Å². The SMILES string of the molecule is c1ccc(-c2ccc(-c3nc(-n4c5cc(-n6c7ccccc7c7ccccc76)ccc5c5cc6ccccc6cc54)nc4ccccc34)cc2)cc1.c1ccc(-c2nc(-n3c4cc(-n5c6ccccc6c6ccccc65)ccc4c4cc5ccccc5cc43)nc3ccccc23)cc1.c1ccc2cc(-c3nc(-n4c5cc(-n6c7ccccc7c7ccccc76)ccc5c5cc6ccccc6cc54)nc4ccccc34)ccc2c1. The van der Waals surface area contributed by atoms with Crippen LogP contribution in [0.4, 0.5) is 0 Å². The molecule has 9 aromatic heterocycles. The van der Waals surface area contributed by atoms with Crippen molar-refractivity contribution in [2.75, 3.05) is 0 Å². The first-order valence-electron chi connectivity index (χ1n) is 50.3. The van der Waals surface area contributed by atoms with Gasteiger partial charge in [-0.25, -0.2) is 29.9 Å². The summed E-state index contributed by atoms with van der Waals surface area (Å²) in [6.07, 6.45) is 0. The molecule has 12 heteroatoms. The lowest BCUT2D eigenvalue weighted by Crippen LogP contribution is -2.04. The van der Waals surface area contributed by atoms with Crippen LogP contribution in [-0.4, -0.2) is 57.3 Å². The van der Waals surface area contributed by atoms with Gasteiger partial charge in [-0.15, -0.1) is 0 Å². The van der Waals surface area contributed by atoms with Crippen LogP contribution in [0.25, 0.3) is 286 Å². The van der Waals surface area contributed by atoms with Crippen LogP contribution in [0.1, 0.15) is 0 Å². The molecule has 688 valence electrons. The summed E-state index contributed by atoms with van der Waals surface area (Å²) in [5, 5.41) is 27.2. The Morgan fingerprint density at radius 2 is 0.338 bits per heavy atom. The minimum absolute atomic E-state index is 0.649. The van der Waals surface area contributed by atoms with E-state index in [2.05, 4.69) is 525 Å². The lowest BCUT2D eigenvalue weighted by Gasteiger charge is -2.13. The molecule has 12 nitrogen and oxygen atoms in total. The van der Waals surface area contributed by atoms with Gasteiger partial charge in [0.15, 0.2) is 0 Å². The van der Waals surface area contributed by atoms with Crippen molar-refractivity contribution in [3.63, 3.8) is 0 Å². The smallest absolute Gasteiger partial charge is 0.235 e. The molecule has 0 N–H and O–H groups in total. The first kappa shape index (κ1) is 83.7. The second-order valence-corrected chi connectivity index (χ2v) is 38.4. The van der Waals surface area contributed by atoms with E-state index < -0.39 is 0 Å². The summed E-state index contributed by atoms with van der Waals surface area (Å²) in [5.74, 6) is 1.96. The van der Waals surface area contributed by atoms with E-state index in [1.54, 1.807) is 0 Å². The minimum Gasteiger partial charge on any atom is -0.309 e. The Kier molecular flexibility index (Phi) is 19.1. The highest BCUT2D eigenvalue weighted by atomic mass is 15.2. The number of hydrogen-bond acceptors (Lipinski definition) is 6. The maximum absolute atomic E-state index is 5.44. The summed E-state index contributed by atoms with van der Waals surface area (Å²) < 4.78 is 13.9. The molecular weight excluding hydrogens is 1800 g/mol. The monoisotopic (exact) mass is 1880 g/mol. The molecule has 32 rings (SSSR count). The number of para-hydroxylation sites is 9.